The van der Waals surface area contributed by atoms with Gasteiger partial charge in [0.15, 0.2) is 0 Å². The van der Waals surface area contributed by atoms with Crippen molar-refractivity contribution < 1.29 is 18.3 Å². The van der Waals surface area contributed by atoms with Gasteiger partial charge in [0.1, 0.15) is 5.69 Å². The molecule has 3 nitrogen and oxygen atoms in total. The van der Waals surface area contributed by atoms with Crippen LogP contribution in [0.5, 0.6) is 0 Å². The van der Waals surface area contributed by atoms with Crippen molar-refractivity contribution in [3.05, 3.63) is 65.5 Å². The Labute approximate surface area is 108 Å². The van der Waals surface area contributed by atoms with E-state index in [0.29, 0.717) is 5.56 Å². The lowest BCUT2D eigenvalue weighted by molar-refractivity contribution is 0.0594. The van der Waals surface area contributed by atoms with Crippen LogP contribution in [0.2, 0.25) is 0 Å². The summed E-state index contributed by atoms with van der Waals surface area (Å²) in [5.41, 5.74) is 0.454. The van der Waals surface area contributed by atoms with Crippen LogP contribution in [0, 0.1) is 0 Å². The summed E-state index contributed by atoms with van der Waals surface area (Å²) in [4.78, 5) is 13.9. The maximum absolute atomic E-state index is 13.1. The summed E-state index contributed by atoms with van der Waals surface area (Å²) in [7, 11) is 1.23. The Morgan fingerprint density at radius 1 is 1.05 bits per heavy atom. The first-order chi connectivity index (χ1) is 9.13. The number of nitrogens with one attached hydrogen (secondary N) is 1. The summed E-state index contributed by atoms with van der Waals surface area (Å²) >= 11 is 0. The molecule has 19 heavy (non-hydrogen) atoms. The number of aromatic amines is 1. The van der Waals surface area contributed by atoms with Crippen LogP contribution in [0.3, 0.4) is 0 Å². The van der Waals surface area contributed by atoms with Gasteiger partial charge in [-0.05, 0) is 17.7 Å². The standard InChI is InChI=1S/C14H11F2NO2/c1-19-14(18)11-8-7-10(17-11)12(13(15)16)9-5-3-2-4-6-9/h2-8,17H,1H3. The van der Waals surface area contributed by atoms with Gasteiger partial charge < -0.3 is 9.72 Å². The quantitative estimate of drug-likeness (QED) is 0.862. The predicted octanol–water partition coefficient (Wildman–Crippen LogP) is 3.46. The van der Waals surface area contributed by atoms with Crippen LogP contribution in [0.25, 0.3) is 5.57 Å². The number of methoxy groups -OCH3 is 1. The van der Waals surface area contributed by atoms with Crippen molar-refractivity contribution >= 4 is 11.5 Å². The van der Waals surface area contributed by atoms with Gasteiger partial charge in [-0.2, -0.15) is 8.78 Å². The maximum Gasteiger partial charge on any atom is 0.354 e. The molecule has 0 saturated carbocycles. The zero-order valence-corrected chi connectivity index (χ0v) is 10.1. The van der Waals surface area contributed by atoms with Crippen LogP contribution >= 0.6 is 0 Å². The average molecular weight is 263 g/mol. The molecular weight excluding hydrogens is 252 g/mol. The molecule has 0 unspecified atom stereocenters. The fourth-order valence-electron chi connectivity index (χ4n) is 1.74. The second kappa shape index (κ2) is 5.48. The number of rotatable bonds is 3. The number of aromatic nitrogens is 1. The number of hydrogen-bond donors (Lipinski definition) is 1. The van der Waals surface area contributed by atoms with Crippen LogP contribution in [0.4, 0.5) is 8.78 Å². The highest BCUT2D eigenvalue weighted by Gasteiger charge is 2.16. The molecular formula is C14H11F2NO2. The first kappa shape index (κ1) is 13.0. The fraction of sp³-hybridized carbons (Fsp3) is 0.0714. The minimum absolute atomic E-state index is 0.132. The Morgan fingerprint density at radius 2 is 1.68 bits per heavy atom. The number of ether oxygens (including phenoxy) is 1. The number of halogens is 2. The predicted molar refractivity (Wildman–Crippen MR) is 66.8 cm³/mol. The first-order valence-corrected chi connectivity index (χ1v) is 5.52. The van der Waals surface area contributed by atoms with E-state index in [1.54, 1.807) is 30.3 Å². The maximum atomic E-state index is 13.1. The SMILES string of the molecule is COC(=O)c1ccc(C(=C(F)F)c2ccccc2)[nH]1. The summed E-state index contributed by atoms with van der Waals surface area (Å²) in [6.07, 6.45) is -1.82. The van der Waals surface area contributed by atoms with Gasteiger partial charge in [-0.3, -0.25) is 0 Å². The van der Waals surface area contributed by atoms with E-state index in [4.69, 9.17) is 0 Å². The Morgan fingerprint density at radius 3 is 2.26 bits per heavy atom. The zero-order valence-electron chi connectivity index (χ0n) is 10.1. The summed E-state index contributed by atoms with van der Waals surface area (Å²) in [5, 5.41) is 0. The van der Waals surface area contributed by atoms with Crippen molar-refractivity contribution in [2.45, 2.75) is 0 Å². The van der Waals surface area contributed by atoms with Crippen molar-refractivity contribution in [2.75, 3.05) is 7.11 Å². The van der Waals surface area contributed by atoms with E-state index in [2.05, 4.69) is 9.72 Å². The second-order valence-electron chi connectivity index (χ2n) is 3.78. The number of hydrogen-bond acceptors (Lipinski definition) is 2. The minimum Gasteiger partial charge on any atom is -0.464 e. The molecule has 0 fully saturated rings. The van der Waals surface area contributed by atoms with Crippen LogP contribution in [-0.4, -0.2) is 18.1 Å². The Kier molecular flexibility index (Phi) is 3.75. The van der Waals surface area contributed by atoms with E-state index < -0.39 is 12.0 Å². The molecule has 5 heteroatoms. The molecule has 0 saturated heterocycles. The van der Waals surface area contributed by atoms with Crippen molar-refractivity contribution in [3.8, 4) is 0 Å². The Bertz CT molecular complexity index is 613. The minimum atomic E-state index is -1.82. The van der Waals surface area contributed by atoms with Gasteiger partial charge in [0.25, 0.3) is 6.08 Å². The van der Waals surface area contributed by atoms with E-state index in [9.17, 15) is 13.6 Å². The normalized spacial score (nSPS) is 10.1. The molecule has 1 aromatic carbocycles. The molecule has 0 radical (unpaired) electrons. The van der Waals surface area contributed by atoms with Crippen molar-refractivity contribution in [2.24, 2.45) is 0 Å². The van der Waals surface area contributed by atoms with Gasteiger partial charge in [0.05, 0.1) is 18.4 Å². The molecule has 0 aliphatic carbocycles. The molecule has 2 rings (SSSR count). The largest absolute Gasteiger partial charge is 0.464 e. The second-order valence-corrected chi connectivity index (χ2v) is 3.78. The topological polar surface area (TPSA) is 42.1 Å². The molecule has 1 N–H and O–H groups in total. The fourth-order valence-corrected chi connectivity index (χ4v) is 1.74. The molecule has 0 amide bonds. The van der Waals surface area contributed by atoms with Crippen molar-refractivity contribution in [3.63, 3.8) is 0 Å². The molecule has 0 atom stereocenters. The zero-order chi connectivity index (χ0) is 13.8. The average Bonchev–Trinajstić information content (AvgIpc) is 2.88. The number of benzene rings is 1. The van der Waals surface area contributed by atoms with E-state index in [1.807, 2.05) is 0 Å². The molecule has 1 heterocycles. The third kappa shape index (κ3) is 2.70. The van der Waals surface area contributed by atoms with Gasteiger partial charge in [0.2, 0.25) is 0 Å². The van der Waals surface area contributed by atoms with E-state index >= 15 is 0 Å². The van der Waals surface area contributed by atoms with Crippen LogP contribution in [-0.2, 0) is 4.74 Å². The van der Waals surface area contributed by atoms with E-state index in [1.165, 1.54) is 19.2 Å². The highest BCUT2D eigenvalue weighted by atomic mass is 19.3. The lowest BCUT2D eigenvalue weighted by Gasteiger charge is -2.04. The molecule has 0 aliphatic rings. The van der Waals surface area contributed by atoms with Gasteiger partial charge >= 0.3 is 5.97 Å². The lowest BCUT2D eigenvalue weighted by atomic mass is 10.0. The number of H-pyrrole nitrogens is 1. The molecule has 1 aromatic heterocycles. The van der Waals surface area contributed by atoms with E-state index in [0.717, 1.165) is 0 Å². The summed E-state index contributed by atoms with van der Waals surface area (Å²) in [5.74, 6) is -0.599. The van der Waals surface area contributed by atoms with Crippen molar-refractivity contribution in [1.29, 1.82) is 0 Å². The Hall–Kier alpha value is -2.43. The number of carbonyl (C=O) groups excluding carboxylic acids is 1. The number of carbonyl (C=O) groups is 1. The summed E-state index contributed by atoms with van der Waals surface area (Å²) in [6, 6.07) is 11.1. The van der Waals surface area contributed by atoms with Crippen LogP contribution < -0.4 is 0 Å². The van der Waals surface area contributed by atoms with E-state index in [-0.39, 0.29) is 17.0 Å². The first-order valence-electron chi connectivity index (χ1n) is 5.52. The highest BCUT2D eigenvalue weighted by Crippen LogP contribution is 2.27. The molecule has 0 bridgehead atoms. The van der Waals surface area contributed by atoms with Crippen molar-refractivity contribution in [1.82, 2.24) is 4.98 Å². The van der Waals surface area contributed by atoms with Crippen LogP contribution in [0.15, 0.2) is 48.5 Å². The summed E-state index contributed by atoms with van der Waals surface area (Å²) in [6.45, 7) is 0. The van der Waals surface area contributed by atoms with Gasteiger partial charge in [-0.15, -0.1) is 0 Å². The highest BCUT2D eigenvalue weighted by molar-refractivity contribution is 5.89. The molecule has 98 valence electrons. The van der Waals surface area contributed by atoms with Crippen LogP contribution in [0.1, 0.15) is 21.7 Å². The summed E-state index contributed by atoms with van der Waals surface area (Å²) < 4.78 is 30.7. The third-order valence-electron chi connectivity index (χ3n) is 2.61. The lowest BCUT2D eigenvalue weighted by Crippen LogP contribution is -2.01. The monoisotopic (exact) mass is 263 g/mol. The Balaban J connectivity index is 2.45. The van der Waals surface area contributed by atoms with Gasteiger partial charge in [0, 0.05) is 0 Å². The molecule has 0 spiro atoms. The number of esters is 1. The van der Waals surface area contributed by atoms with Gasteiger partial charge in [-0.1, -0.05) is 30.3 Å². The third-order valence-corrected chi connectivity index (χ3v) is 2.61. The smallest absolute Gasteiger partial charge is 0.354 e. The van der Waals surface area contributed by atoms with Gasteiger partial charge in [-0.25, -0.2) is 4.79 Å². The molecule has 0 aliphatic heterocycles. The molecule has 2 aromatic rings.